The molecule has 1 aromatic rings. The first-order valence-corrected chi connectivity index (χ1v) is 4.07. The summed E-state index contributed by atoms with van der Waals surface area (Å²) in [7, 11) is 2.94. The van der Waals surface area contributed by atoms with Crippen molar-refractivity contribution in [3.05, 3.63) is 35.4 Å². The van der Waals surface area contributed by atoms with Crippen molar-refractivity contribution in [3.63, 3.8) is 0 Å². The Bertz CT molecular complexity index is 308. The van der Waals surface area contributed by atoms with Gasteiger partial charge in [0.2, 0.25) is 0 Å². The molecule has 0 heterocycles. The number of nitrogens with one attached hydrogen (secondary N) is 1. The lowest BCUT2D eigenvalue weighted by Crippen LogP contribution is -2.10. The summed E-state index contributed by atoms with van der Waals surface area (Å²) >= 11 is 11.5. The summed E-state index contributed by atoms with van der Waals surface area (Å²) in [5, 5.41) is 3.03. The second-order valence-corrected chi connectivity index (χ2v) is 2.97. The largest absolute Gasteiger partial charge is 0.446 e. The zero-order valence-electron chi connectivity index (χ0n) is 6.51. The Morgan fingerprint density at radius 3 is 2.38 bits per heavy atom. The predicted molar refractivity (Wildman–Crippen MR) is 51.9 cm³/mol. The molecule has 5 heteroatoms. The van der Waals surface area contributed by atoms with Crippen molar-refractivity contribution >= 4 is 35.0 Å². The smallest absolute Gasteiger partial charge is 0.411 e. The van der Waals surface area contributed by atoms with Gasteiger partial charge >= 0.3 is 6.09 Å². The van der Waals surface area contributed by atoms with E-state index < -0.39 is 6.09 Å². The van der Waals surface area contributed by atoms with Gasteiger partial charge in [-0.2, -0.15) is 0 Å². The SMILES string of the molecule is [CH2]OC(=O)Nc1c(Cl)cccc1Cl. The average molecular weight is 219 g/mol. The van der Waals surface area contributed by atoms with Crippen LogP contribution in [0.2, 0.25) is 10.0 Å². The molecule has 0 bridgehead atoms. The molecule has 0 saturated heterocycles. The lowest BCUT2D eigenvalue weighted by Gasteiger charge is -2.06. The van der Waals surface area contributed by atoms with Crippen molar-refractivity contribution in [2.75, 3.05) is 5.32 Å². The van der Waals surface area contributed by atoms with Gasteiger partial charge in [-0.15, -0.1) is 0 Å². The van der Waals surface area contributed by atoms with Crippen LogP contribution in [-0.2, 0) is 4.74 Å². The average Bonchev–Trinajstić information content (AvgIpc) is 2.11. The molecule has 0 aliphatic rings. The van der Waals surface area contributed by atoms with E-state index in [9.17, 15) is 4.79 Å². The minimum atomic E-state index is -0.713. The van der Waals surface area contributed by atoms with Crippen LogP contribution in [0.3, 0.4) is 0 Å². The maximum Gasteiger partial charge on any atom is 0.411 e. The third-order valence-corrected chi connectivity index (χ3v) is 1.95. The minimum Gasteiger partial charge on any atom is -0.446 e. The Kier molecular flexibility index (Phi) is 3.39. The fraction of sp³-hybridized carbons (Fsp3) is 0. The molecule has 3 nitrogen and oxygen atoms in total. The number of hydrogen-bond acceptors (Lipinski definition) is 2. The first kappa shape index (κ1) is 10.2. The fourth-order valence-corrected chi connectivity index (χ4v) is 1.25. The number of benzene rings is 1. The number of carbonyl (C=O) groups excluding carboxylic acids is 1. The molecule has 1 N–H and O–H groups in total. The third-order valence-electron chi connectivity index (χ3n) is 1.32. The van der Waals surface area contributed by atoms with Gasteiger partial charge < -0.3 is 4.74 Å². The van der Waals surface area contributed by atoms with E-state index in [0.29, 0.717) is 15.7 Å². The summed E-state index contributed by atoms with van der Waals surface area (Å²) in [6.45, 7) is 0. The van der Waals surface area contributed by atoms with Crippen molar-refractivity contribution in [1.82, 2.24) is 0 Å². The van der Waals surface area contributed by atoms with E-state index >= 15 is 0 Å². The van der Waals surface area contributed by atoms with Gasteiger partial charge in [-0.3, -0.25) is 5.32 Å². The second-order valence-electron chi connectivity index (χ2n) is 2.15. The van der Waals surface area contributed by atoms with Crippen molar-refractivity contribution in [1.29, 1.82) is 0 Å². The molecule has 0 spiro atoms. The number of carbonyl (C=O) groups is 1. The lowest BCUT2D eigenvalue weighted by atomic mass is 10.3. The van der Waals surface area contributed by atoms with Crippen molar-refractivity contribution in [2.45, 2.75) is 0 Å². The van der Waals surface area contributed by atoms with E-state index in [0.717, 1.165) is 0 Å². The first-order chi connectivity index (χ1) is 6.15. The monoisotopic (exact) mass is 218 g/mol. The number of para-hydroxylation sites is 1. The first-order valence-electron chi connectivity index (χ1n) is 3.32. The number of hydrogen-bond donors (Lipinski definition) is 1. The minimum absolute atomic E-state index is 0.319. The Hall–Kier alpha value is -0.930. The molecule has 0 aromatic heterocycles. The van der Waals surface area contributed by atoms with Crippen molar-refractivity contribution in [2.24, 2.45) is 0 Å². The number of anilines is 1. The molecular formula is C8H6Cl2NO2. The van der Waals surface area contributed by atoms with Gasteiger partial charge in [0.05, 0.1) is 15.7 Å². The quantitative estimate of drug-likeness (QED) is 0.786. The van der Waals surface area contributed by atoms with Crippen LogP contribution in [0.5, 0.6) is 0 Å². The van der Waals surface area contributed by atoms with Crippen LogP contribution >= 0.6 is 23.2 Å². The highest BCUT2D eigenvalue weighted by molar-refractivity contribution is 6.39. The highest BCUT2D eigenvalue weighted by Crippen LogP contribution is 2.29. The molecule has 0 unspecified atom stereocenters. The Labute approximate surface area is 85.6 Å². The molecule has 0 saturated carbocycles. The molecule has 0 atom stereocenters. The standard InChI is InChI=1S/C8H6Cl2NO2/c1-13-8(12)11-7-5(9)3-2-4-6(7)10/h2-4H,1H2,(H,11,12). The number of rotatable bonds is 1. The Morgan fingerprint density at radius 1 is 1.38 bits per heavy atom. The highest BCUT2D eigenvalue weighted by atomic mass is 35.5. The van der Waals surface area contributed by atoms with Gasteiger partial charge in [0.15, 0.2) is 0 Å². The molecule has 0 aliphatic carbocycles. The summed E-state index contributed by atoms with van der Waals surface area (Å²) in [5.74, 6) is 0. The van der Waals surface area contributed by atoms with E-state index in [4.69, 9.17) is 23.2 Å². The van der Waals surface area contributed by atoms with Crippen molar-refractivity contribution in [3.8, 4) is 0 Å². The van der Waals surface area contributed by atoms with E-state index in [1.807, 2.05) is 0 Å². The summed E-state index contributed by atoms with van der Waals surface area (Å²) in [6, 6.07) is 4.88. The normalized spacial score (nSPS) is 9.46. The van der Waals surface area contributed by atoms with Crippen LogP contribution < -0.4 is 5.32 Å². The van der Waals surface area contributed by atoms with E-state index in [-0.39, 0.29) is 0 Å². The van der Waals surface area contributed by atoms with Gasteiger partial charge in [-0.25, -0.2) is 4.79 Å². The molecule has 0 aliphatic heterocycles. The van der Waals surface area contributed by atoms with Crippen LogP contribution in [0.4, 0.5) is 10.5 Å². The topological polar surface area (TPSA) is 38.3 Å². The second kappa shape index (κ2) is 4.35. The molecule has 0 fully saturated rings. The third kappa shape index (κ3) is 2.50. The summed E-state index contributed by atoms with van der Waals surface area (Å²) in [5.41, 5.74) is 0.319. The number of amides is 1. The van der Waals surface area contributed by atoms with E-state index in [1.165, 1.54) is 0 Å². The number of halogens is 2. The van der Waals surface area contributed by atoms with E-state index in [2.05, 4.69) is 17.2 Å². The molecular weight excluding hydrogens is 213 g/mol. The Balaban J connectivity index is 2.93. The predicted octanol–water partition coefficient (Wildman–Crippen LogP) is 3.33. The maximum absolute atomic E-state index is 10.8. The molecule has 1 aromatic carbocycles. The zero-order chi connectivity index (χ0) is 9.84. The van der Waals surface area contributed by atoms with Gasteiger partial charge in [0, 0.05) is 0 Å². The van der Waals surface area contributed by atoms with Crippen LogP contribution in [-0.4, -0.2) is 6.09 Å². The summed E-state index contributed by atoms with van der Waals surface area (Å²) in [6.07, 6.45) is -0.713. The molecule has 13 heavy (non-hydrogen) atoms. The van der Waals surface area contributed by atoms with Gasteiger partial charge in [0.1, 0.15) is 7.11 Å². The van der Waals surface area contributed by atoms with E-state index in [1.54, 1.807) is 18.2 Å². The summed E-state index contributed by atoms with van der Waals surface area (Å²) < 4.78 is 4.15. The van der Waals surface area contributed by atoms with Crippen molar-refractivity contribution < 1.29 is 9.53 Å². The van der Waals surface area contributed by atoms with Crippen LogP contribution in [0.15, 0.2) is 18.2 Å². The van der Waals surface area contributed by atoms with Crippen LogP contribution in [0.1, 0.15) is 0 Å². The summed E-state index contributed by atoms with van der Waals surface area (Å²) in [4.78, 5) is 10.8. The van der Waals surface area contributed by atoms with Gasteiger partial charge in [-0.05, 0) is 12.1 Å². The Morgan fingerprint density at radius 2 is 1.92 bits per heavy atom. The fourth-order valence-electron chi connectivity index (χ4n) is 0.755. The zero-order valence-corrected chi connectivity index (χ0v) is 8.02. The maximum atomic E-state index is 10.8. The van der Waals surface area contributed by atoms with Crippen LogP contribution in [0, 0.1) is 7.11 Å². The lowest BCUT2D eigenvalue weighted by molar-refractivity contribution is 0.199. The molecule has 69 valence electrons. The van der Waals surface area contributed by atoms with Gasteiger partial charge in [-0.1, -0.05) is 29.3 Å². The van der Waals surface area contributed by atoms with Gasteiger partial charge in [0.25, 0.3) is 0 Å². The molecule has 1 amide bonds. The highest BCUT2D eigenvalue weighted by Gasteiger charge is 2.08. The molecule has 1 radical (unpaired) electrons. The molecule has 1 rings (SSSR count). The number of ether oxygens (including phenoxy) is 1. The van der Waals surface area contributed by atoms with Crippen LogP contribution in [0.25, 0.3) is 0 Å².